The Labute approximate surface area is 130 Å². The van der Waals surface area contributed by atoms with E-state index in [2.05, 4.69) is 5.32 Å². The highest BCUT2D eigenvalue weighted by Crippen LogP contribution is 2.15. The lowest BCUT2D eigenvalue weighted by Gasteiger charge is -2.06. The zero-order valence-corrected chi connectivity index (χ0v) is 12.8. The summed E-state index contributed by atoms with van der Waals surface area (Å²) in [4.78, 5) is 23.9. The van der Waals surface area contributed by atoms with Crippen molar-refractivity contribution in [3.8, 4) is 5.75 Å². The number of ketones is 1. The maximum atomic E-state index is 12.0. The number of rotatable bonds is 6. The number of hydrogen-bond acceptors (Lipinski definition) is 3. The molecule has 1 amide bonds. The maximum absolute atomic E-state index is 12.0. The lowest BCUT2D eigenvalue weighted by Crippen LogP contribution is -2.13. The Balaban J connectivity index is 1.84. The number of methoxy groups -OCH3 is 1. The molecular weight excluding hydrogens is 278 g/mol. The van der Waals surface area contributed by atoms with Crippen molar-refractivity contribution in [3.63, 3.8) is 0 Å². The van der Waals surface area contributed by atoms with Gasteiger partial charge < -0.3 is 10.1 Å². The van der Waals surface area contributed by atoms with E-state index in [4.69, 9.17) is 4.74 Å². The first-order valence-corrected chi connectivity index (χ1v) is 7.12. The molecule has 4 heteroatoms. The van der Waals surface area contributed by atoms with Gasteiger partial charge in [0.15, 0.2) is 5.78 Å². The second kappa shape index (κ2) is 7.41. The molecule has 4 nitrogen and oxygen atoms in total. The van der Waals surface area contributed by atoms with E-state index >= 15 is 0 Å². The van der Waals surface area contributed by atoms with Gasteiger partial charge in [-0.25, -0.2) is 0 Å². The number of anilines is 1. The van der Waals surface area contributed by atoms with E-state index in [9.17, 15) is 9.59 Å². The summed E-state index contributed by atoms with van der Waals surface area (Å²) >= 11 is 0. The molecule has 0 atom stereocenters. The zero-order valence-electron chi connectivity index (χ0n) is 12.8. The number of amides is 1. The van der Waals surface area contributed by atoms with E-state index in [1.54, 1.807) is 43.5 Å². The number of Topliss-reactive ketones (excluding diaryl/α,β-unsaturated/α-hetero) is 1. The molecule has 2 aromatic rings. The van der Waals surface area contributed by atoms with E-state index in [1.807, 2.05) is 19.1 Å². The summed E-state index contributed by atoms with van der Waals surface area (Å²) < 4.78 is 5.05. The number of hydrogen-bond donors (Lipinski definition) is 1. The standard InChI is InChI=1S/C18H19NO3/c1-13-3-5-14(6-4-13)17(20)11-12-18(21)19-15-7-9-16(22-2)10-8-15/h3-10H,11-12H2,1-2H3,(H,19,21). The van der Waals surface area contributed by atoms with Crippen LogP contribution in [0.5, 0.6) is 5.75 Å². The minimum atomic E-state index is -0.175. The molecule has 0 saturated carbocycles. The van der Waals surface area contributed by atoms with Crippen molar-refractivity contribution in [1.29, 1.82) is 0 Å². The second-order valence-electron chi connectivity index (χ2n) is 5.07. The lowest BCUT2D eigenvalue weighted by molar-refractivity contribution is -0.116. The predicted molar refractivity (Wildman–Crippen MR) is 86.4 cm³/mol. The van der Waals surface area contributed by atoms with Gasteiger partial charge in [-0.3, -0.25) is 9.59 Å². The van der Waals surface area contributed by atoms with Gasteiger partial charge in [0, 0.05) is 24.1 Å². The van der Waals surface area contributed by atoms with Crippen LogP contribution in [0.4, 0.5) is 5.69 Å². The van der Waals surface area contributed by atoms with Crippen LogP contribution in [-0.4, -0.2) is 18.8 Å². The highest BCUT2D eigenvalue weighted by Gasteiger charge is 2.09. The fraction of sp³-hybridized carbons (Fsp3) is 0.222. The van der Waals surface area contributed by atoms with Crippen molar-refractivity contribution in [2.24, 2.45) is 0 Å². The number of aryl methyl sites for hydroxylation is 1. The Morgan fingerprint density at radius 2 is 1.59 bits per heavy atom. The van der Waals surface area contributed by atoms with Gasteiger partial charge in [0.1, 0.15) is 5.75 Å². The first-order chi connectivity index (χ1) is 10.6. The van der Waals surface area contributed by atoms with Gasteiger partial charge >= 0.3 is 0 Å². The van der Waals surface area contributed by atoms with E-state index in [0.29, 0.717) is 11.3 Å². The first-order valence-electron chi connectivity index (χ1n) is 7.12. The number of carbonyl (C=O) groups is 2. The second-order valence-corrected chi connectivity index (χ2v) is 5.07. The summed E-state index contributed by atoms with van der Waals surface area (Å²) in [6, 6.07) is 14.4. The van der Waals surface area contributed by atoms with Crippen LogP contribution in [0.2, 0.25) is 0 Å². The Hall–Kier alpha value is -2.62. The van der Waals surface area contributed by atoms with Gasteiger partial charge in [-0.1, -0.05) is 29.8 Å². The number of nitrogens with one attached hydrogen (secondary N) is 1. The largest absolute Gasteiger partial charge is 0.497 e. The van der Waals surface area contributed by atoms with E-state index in [0.717, 1.165) is 11.3 Å². The molecule has 0 aliphatic heterocycles. The molecule has 2 aromatic carbocycles. The normalized spacial score (nSPS) is 10.1. The fourth-order valence-electron chi connectivity index (χ4n) is 2.01. The smallest absolute Gasteiger partial charge is 0.224 e. The third kappa shape index (κ3) is 4.45. The molecule has 0 spiro atoms. The van der Waals surface area contributed by atoms with Gasteiger partial charge in [0.2, 0.25) is 5.91 Å². The quantitative estimate of drug-likeness (QED) is 0.829. The molecule has 2 rings (SSSR count). The van der Waals surface area contributed by atoms with Crippen LogP contribution in [0, 0.1) is 6.92 Å². The predicted octanol–water partition coefficient (Wildman–Crippen LogP) is 3.61. The fourth-order valence-corrected chi connectivity index (χ4v) is 2.01. The van der Waals surface area contributed by atoms with Gasteiger partial charge in [-0.2, -0.15) is 0 Å². The van der Waals surface area contributed by atoms with Crippen molar-refractivity contribution < 1.29 is 14.3 Å². The van der Waals surface area contributed by atoms with Crippen LogP contribution >= 0.6 is 0 Å². The van der Waals surface area contributed by atoms with Crippen molar-refractivity contribution >= 4 is 17.4 Å². The SMILES string of the molecule is COc1ccc(NC(=O)CCC(=O)c2ccc(C)cc2)cc1. The molecule has 0 aliphatic rings. The summed E-state index contributed by atoms with van der Waals surface area (Å²) in [6.45, 7) is 1.97. The van der Waals surface area contributed by atoms with Gasteiger partial charge in [-0.15, -0.1) is 0 Å². The van der Waals surface area contributed by atoms with Crippen LogP contribution in [0.3, 0.4) is 0 Å². The van der Waals surface area contributed by atoms with Gasteiger partial charge in [0.05, 0.1) is 7.11 Å². The van der Waals surface area contributed by atoms with Crippen LogP contribution in [0.25, 0.3) is 0 Å². The van der Waals surface area contributed by atoms with Crippen LogP contribution in [0.15, 0.2) is 48.5 Å². The topological polar surface area (TPSA) is 55.4 Å². The minimum absolute atomic E-state index is 0.0233. The van der Waals surface area contributed by atoms with Crippen LogP contribution < -0.4 is 10.1 Å². The maximum Gasteiger partial charge on any atom is 0.224 e. The van der Waals surface area contributed by atoms with Crippen molar-refractivity contribution in [2.45, 2.75) is 19.8 Å². The van der Waals surface area contributed by atoms with Crippen LogP contribution in [-0.2, 0) is 4.79 Å². The number of carbonyl (C=O) groups excluding carboxylic acids is 2. The molecule has 0 heterocycles. The van der Waals surface area contributed by atoms with Crippen LogP contribution in [0.1, 0.15) is 28.8 Å². The summed E-state index contributed by atoms with van der Waals surface area (Å²) in [5.74, 6) is 0.531. The first kappa shape index (κ1) is 15.8. The summed E-state index contributed by atoms with van der Waals surface area (Å²) in [6.07, 6.45) is 0.365. The Morgan fingerprint density at radius 3 is 2.18 bits per heavy atom. The Morgan fingerprint density at radius 1 is 0.955 bits per heavy atom. The summed E-state index contributed by atoms with van der Waals surface area (Å²) in [7, 11) is 1.59. The third-order valence-corrected chi connectivity index (χ3v) is 3.33. The Bertz CT molecular complexity index is 645. The van der Waals surface area contributed by atoms with Crippen molar-refractivity contribution in [2.75, 3.05) is 12.4 Å². The highest BCUT2D eigenvalue weighted by molar-refractivity contribution is 6.00. The van der Waals surface area contributed by atoms with Crippen molar-refractivity contribution in [1.82, 2.24) is 0 Å². The molecule has 114 valence electrons. The van der Waals surface area contributed by atoms with E-state index < -0.39 is 0 Å². The van der Waals surface area contributed by atoms with E-state index in [-0.39, 0.29) is 24.5 Å². The average Bonchev–Trinajstić information content (AvgIpc) is 2.54. The van der Waals surface area contributed by atoms with Gasteiger partial charge in [0.25, 0.3) is 0 Å². The summed E-state index contributed by atoms with van der Waals surface area (Å²) in [5.41, 5.74) is 2.44. The molecule has 0 saturated heterocycles. The molecule has 22 heavy (non-hydrogen) atoms. The molecule has 0 aliphatic carbocycles. The van der Waals surface area contributed by atoms with Crippen molar-refractivity contribution in [3.05, 3.63) is 59.7 Å². The Kier molecular flexibility index (Phi) is 5.31. The molecular formula is C18H19NO3. The monoisotopic (exact) mass is 297 g/mol. The molecule has 0 bridgehead atoms. The molecule has 0 fully saturated rings. The molecule has 1 N–H and O–H groups in total. The molecule has 0 radical (unpaired) electrons. The average molecular weight is 297 g/mol. The molecule has 0 aromatic heterocycles. The minimum Gasteiger partial charge on any atom is -0.497 e. The number of ether oxygens (including phenoxy) is 1. The van der Waals surface area contributed by atoms with Gasteiger partial charge in [-0.05, 0) is 31.2 Å². The molecule has 0 unspecified atom stereocenters. The number of benzene rings is 2. The third-order valence-electron chi connectivity index (χ3n) is 3.33. The highest BCUT2D eigenvalue weighted by atomic mass is 16.5. The zero-order chi connectivity index (χ0) is 15.9. The lowest BCUT2D eigenvalue weighted by atomic mass is 10.0. The van der Waals surface area contributed by atoms with E-state index in [1.165, 1.54) is 0 Å². The summed E-state index contributed by atoms with van der Waals surface area (Å²) in [5, 5.41) is 2.76.